The third kappa shape index (κ3) is 3.74. The van der Waals surface area contributed by atoms with E-state index in [9.17, 15) is 9.59 Å². The van der Waals surface area contributed by atoms with E-state index in [-0.39, 0.29) is 18.0 Å². The van der Waals surface area contributed by atoms with Crippen molar-refractivity contribution in [1.29, 1.82) is 0 Å². The first-order chi connectivity index (χ1) is 13.8. The third-order valence-corrected chi connectivity index (χ3v) is 6.95. The van der Waals surface area contributed by atoms with Crippen LogP contribution in [0.4, 0.5) is 5.13 Å². The molecule has 0 N–H and O–H groups in total. The fourth-order valence-corrected chi connectivity index (χ4v) is 4.63. The molecule has 0 bridgehead atoms. The summed E-state index contributed by atoms with van der Waals surface area (Å²) >= 11 is 7.85. The van der Waals surface area contributed by atoms with Gasteiger partial charge < -0.3 is 9.80 Å². The van der Waals surface area contributed by atoms with Crippen LogP contribution in [-0.2, 0) is 11.3 Å². The number of nitrogens with zero attached hydrogens (tertiary/aromatic N) is 5. The van der Waals surface area contributed by atoms with Gasteiger partial charge in [-0.05, 0) is 38.5 Å². The van der Waals surface area contributed by atoms with Gasteiger partial charge in [-0.3, -0.25) is 14.2 Å². The van der Waals surface area contributed by atoms with Crippen LogP contribution in [0.2, 0.25) is 5.02 Å². The zero-order valence-corrected chi connectivity index (χ0v) is 18.2. The highest BCUT2D eigenvalue weighted by atomic mass is 35.5. The number of carbonyl (C=O) groups is 1. The van der Waals surface area contributed by atoms with Gasteiger partial charge in [0.2, 0.25) is 5.91 Å². The lowest BCUT2D eigenvalue weighted by Crippen LogP contribution is -2.50. The zero-order valence-electron chi connectivity index (χ0n) is 16.6. The SMILES string of the molecule is Cc1ncn(CC(=O)N2CCN(c3nc4c(C)c(Cl)ccc4s3)CC2)c(=O)c1C. The van der Waals surface area contributed by atoms with Gasteiger partial charge in [0.1, 0.15) is 6.54 Å². The predicted octanol–water partition coefficient (Wildman–Crippen LogP) is 2.78. The highest BCUT2D eigenvalue weighted by molar-refractivity contribution is 7.22. The average molecular weight is 432 g/mol. The molecule has 0 spiro atoms. The van der Waals surface area contributed by atoms with Gasteiger partial charge in [0, 0.05) is 42.5 Å². The molecule has 3 heterocycles. The van der Waals surface area contributed by atoms with Gasteiger partial charge in [-0.15, -0.1) is 0 Å². The summed E-state index contributed by atoms with van der Waals surface area (Å²) in [6, 6.07) is 3.91. The molecule has 1 fully saturated rings. The minimum atomic E-state index is -0.159. The molecular formula is C20H22ClN5O2S. The number of thiazole rings is 1. The molecule has 0 atom stereocenters. The largest absolute Gasteiger partial charge is 0.345 e. The van der Waals surface area contributed by atoms with Gasteiger partial charge in [-0.2, -0.15) is 0 Å². The zero-order chi connectivity index (χ0) is 20.7. The summed E-state index contributed by atoms with van der Waals surface area (Å²) < 4.78 is 2.50. The number of aryl methyl sites for hydroxylation is 2. The highest BCUT2D eigenvalue weighted by Gasteiger charge is 2.24. The van der Waals surface area contributed by atoms with Crippen LogP contribution in [0.25, 0.3) is 10.2 Å². The maximum absolute atomic E-state index is 12.7. The summed E-state index contributed by atoms with van der Waals surface area (Å²) in [7, 11) is 0. The summed E-state index contributed by atoms with van der Waals surface area (Å²) in [4.78, 5) is 37.9. The second kappa shape index (κ2) is 7.76. The molecule has 1 aliphatic heterocycles. The molecule has 7 nitrogen and oxygen atoms in total. The van der Waals surface area contributed by atoms with Crippen molar-refractivity contribution in [3.8, 4) is 0 Å². The van der Waals surface area contributed by atoms with Crippen molar-refractivity contribution in [2.24, 2.45) is 0 Å². The first-order valence-corrected chi connectivity index (χ1v) is 10.7. The highest BCUT2D eigenvalue weighted by Crippen LogP contribution is 2.33. The standard InChI is InChI=1S/C20H22ClN5O2S/c1-12-14(3)22-11-26(19(12)28)10-17(27)24-6-8-25(9-7-24)20-23-18-13(2)15(21)4-5-16(18)29-20/h4-5,11H,6-10H2,1-3H3. The van der Waals surface area contributed by atoms with E-state index >= 15 is 0 Å². The monoisotopic (exact) mass is 431 g/mol. The van der Waals surface area contributed by atoms with Gasteiger partial charge in [0.15, 0.2) is 5.13 Å². The number of piperazine rings is 1. The van der Waals surface area contributed by atoms with E-state index in [1.807, 2.05) is 19.1 Å². The second-order valence-corrected chi connectivity index (χ2v) is 8.69. The number of carbonyl (C=O) groups excluding carboxylic acids is 1. The van der Waals surface area contributed by atoms with Crippen molar-refractivity contribution >= 4 is 44.2 Å². The smallest absolute Gasteiger partial charge is 0.256 e. The molecule has 4 rings (SSSR count). The van der Waals surface area contributed by atoms with Crippen LogP contribution in [-0.4, -0.2) is 51.5 Å². The van der Waals surface area contributed by atoms with Crippen molar-refractivity contribution in [2.75, 3.05) is 31.1 Å². The van der Waals surface area contributed by atoms with Crippen LogP contribution in [0, 0.1) is 20.8 Å². The molecule has 152 valence electrons. The fourth-order valence-electron chi connectivity index (χ4n) is 3.41. The van der Waals surface area contributed by atoms with Crippen molar-refractivity contribution < 1.29 is 4.79 Å². The van der Waals surface area contributed by atoms with E-state index < -0.39 is 0 Å². The van der Waals surface area contributed by atoms with Gasteiger partial charge in [0.05, 0.1) is 16.5 Å². The molecule has 0 saturated carbocycles. The quantitative estimate of drug-likeness (QED) is 0.637. The Hall–Kier alpha value is -2.45. The Kier molecular flexibility index (Phi) is 5.31. The molecule has 1 aromatic carbocycles. The maximum atomic E-state index is 12.7. The lowest BCUT2D eigenvalue weighted by molar-refractivity contribution is -0.132. The van der Waals surface area contributed by atoms with Crippen LogP contribution in [0.15, 0.2) is 23.3 Å². The Morgan fingerprint density at radius 3 is 2.59 bits per heavy atom. The van der Waals surface area contributed by atoms with E-state index in [2.05, 4.69) is 9.88 Å². The van der Waals surface area contributed by atoms with Crippen LogP contribution in [0.3, 0.4) is 0 Å². The number of benzene rings is 1. The number of hydrogen-bond donors (Lipinski definition) is 0. The fraction of sp³-hybridized carbons (Fsp3) is 0.400. The van der Waals surface area contributed by atoms with E-state index in [4.69, 9.17) is 16.6 Å². The third-order valence-electron chi connectivity index (χ3n) is 5.46. The van der Waals surface area contributed by atoms with Gasteiger partial charge in [-0.25, -0.2) is 9.97 Å². The Labute approximate surface area is 177 Å². The number of fused-ring (bicyclic) bond motifs is 1. The number of hydrogen-bond acceptors (Lipinski definition) is 6. The number of amides is 1. The van der Waals surface area contributed by atoms with Crippen molar-refractivity contribution in [2.45, 2.75) is 27.3 Å². The van der Waals surface area contributed by atoms with Crippen molar-refractivity contribution in [3.05, 3.63) is 50.7 Å². The molecule has 1 aliphatic rings. The molecular weight excluding hydrogens is 410 g/mol. The second-order valence-electron chi connectivity index (χ2n) is 7.27. The Balaban J connectivity index is 1.43. The van der Waals surface area contributed by atoms with Crippen LogP contribution in [0.1, 0.15) is 16.8 Å². The van der Waals surface area contributed by atoms with Crippen molar-refractivity contribution in [3.63, 3.8) is 0 Å². The molecule has 0 unspecified atom stereocenters. The number of rotatable bonds is 3. The first kappa shape index (κ1) is 19.8. The van der Waals surface area contributed by atoms with Crippen LogP contribution in [0.5, 0.6) is 0 Å². The summed E-state index contributed by atoms with van der Waals surface area (Å²) in [6.07, 6.45) is 1.45. The number of aromatic nitrogens is 3. The van der Waals surface area contributed by atoms with E-state index in [0.717, 1.165) is 25.9 Å². The minimum absolute atomic E-state index is 0.0196. The normalized spacial score (nSPS) is 14.6. The lowest BCUT2D eigenvalue weighted by atomic mass is 10.2. The van der Waals surface area contributed by atoms with E-state index in [1.54, 1.807) is 30.1 Å². The van der Waals surface area contributed by atoms with E-state index in [1.165, 1.54) is 10.9 Å². The molecule has 1 saturated heterocycles. The van der Waals surface area contributed by atoms with Gasteiger partial charge >= 0.3 is 0 Å². The van der Waals surface area contributed by atoms with Crippen LogP contribution >= 0.6 is 22.9 Å². The summed E-state index contributed by atoms with van der Waals surface area (Å²) in [5.41, 5.74) is 3.05. The molecule has 3 aromatic rings. The minimum Gasteiger partial charge on any atom is -0.345 e. The van der Waals surface area contributed by atoms with Gasteiger partial charge in [-0.1, -0.05) is 22.9 Å². The van der Waals surface area contributed by atoms with Crippen molar-refractivity contribution in [1.82, 2.24) is 19.4 Å². The van der Waals surface area contributed by atoms with Gasteiger partial charge in [0.25, 0.3) is 5.56 Å². The average Bonchev–Trinajstić information content (AvgIpc) is 3.16. The summed E-state index contributed by atoms with van der Waals surface area (Å²) in [6.45, 7) is 8.14. The Bertz CT molecular complexity index is 1150. The Morgan fingerprint density at radius 2 is 1.86 bits per heavy atom. The molecule has 0 radical (unpaired) electrons. The predicted molar refractivity (Wildman–Crippen MR) is 116 cm³/mol. The topological polar surface area (TPSA) is 71.3 Å². The number of halogens is 1. The first-order valence-electron chi connectivity index (χ1n) is 9.46. The molecule has 9 heteroatoms. The molecule has 29 heavy (non-hydrogen) atoms. The lowest BCUT2D eigenvalue weighted by Gasteiger charge is -2.34. The molecule has 2 aromatic heterocycles. The summed E-state index contributed by atoms with van der Waals surface area (Å²) in [5.74, 6) is -0.0660. The molecule has 0 aliphatic carbocycles. The molecule has 1 amide bonds. The van der Waals surface area contributed by atoms with Crippen LogP contribution < -0.4 is 10.5 Å². The van der Waals surface area contributed by atoms with E-state index in [0.29, 0.717) is 37.4 Å². The number of anilines is 1. The Morgan fingerprint density at radius 1 is 1.14 bits per heavy atom. The summed E-state index contributed by atoms with van der Waals surface area (Å²) in [5, 5.41) is 1.67. The maximum Gasteiger partial charge on any atom is 0.256 e.